The molecule has 0 fully saturated rings. The first kappa shape index (κ1) is 21.7. The van der Waals surface area contributed by atoms with Crippen LogP contribution >= 0.6 is 11.3 Å². The fourth-order valence-corrected chi connectivity index (χ4v) is 3.93. The number of fused-ring (bicyclic) bond motifs is 1. The van der Waals surface area contributed by atoms with E-state index in [1.165, 1.54) is 18.3 Å². The number of carbonyl (C=O) groups excluding carboxylic acids is 4. The Kier molecular flexibility index (Phi) is 6.66. The van der Waals surface area contributed by atoms with Crippen molar-refractivity contribution >= 4 is 35.0 Å². The van der Waals surface area contributed by atoms with Gasteiger partial charge in [0.25, 0.3) is 17.7 Å². The lowest BCUT2D eigenvalue weighted by molar-refractivity contribution is -0.159. The van der Waals surface area contributed by atoms with Crippen molar-refractivity contribution in [3.63, 3.8) is 0 Å². The fourth-order valence-electron chi connectivity index (χ4n) is 3.28. The second kappa shape index (κ2) is 9.21. The Morgan fingerprint density at radius 2 is 1.67 bits per heavy atom. The summed E-state index contributed by atoms with van der Waals surface area (Å²) >= 11 is 1.51. The van der Waals surface area contributed by atoms with E-state index >= 15 is 0 Å². The molecule has 1 aliphatic rings. The zero-order valence-electron chi connectivity index (χ0n) is 17.1. The maximum Gasteiger partial charge on any atom is 0.330 e. The Balaban J connectivity index is 1.71. The van der Waals surface area contributed by atoms with Crippen LogP contribution in [0, 0.1) is 5.92 Å². The number of nitrogens with zero attached hydrogens (tertiary/aromatic N) is 1. The lowest BCUT2D eigenvalue weighted by atomic mass is 10.0. The second-order valence-electron chi connectivity index (χ2n) is 7.55. The standard InChI is InChI=1S/C22H24N2O5S/c1-13(2)11-18(24-20(26)16-8-4-5-9-17(16)21(24)27)22(28)29-14(3)19(25)23-12-15-7-6-10-30-15/h4-10,13-14,18H,11-12H2,1-3H3,(H,23,25). The number of thiophene rings is 1. The summed E-state index contributed by atoms with van der Waals surface area (Å²) in [4.78, 5) is 52.8. The van der Waals surface area contributed by atoms with Crippen LogP contribution in [0.1, 0.15) is 52.8 Å². The second-order valence-corrected chi connectivity index (χ2v) is 8.58. The van der Waals surface area contributed by atoms with Gasteiger partial charge >= 0.3 is 5.97 Å². The maximum atomic E-state index is 12.9. The van der Waals surface area contributed by atoms with Gasteiger partial charge in [-0.25, -0.2) is 4.79 Å². The maximum absolute atomic E-state index is 12.9. The van der Waals surface area contributed by atoms with Crippen molar-refractivity contribution in [3.8, 4) is 0 Å². The normalized spacial score (nSPS) is 15.1. The van der Waals surface area contributed by atoms with E-state index in [4.69, 9.17) is 4.74 Å². The van der Waals surface area contributed by atoms with E-state index < -0.39 is 35.8 Å². The molecule has 0 spiro atoms. The molecule has 0 aliphatic carbocycles. The van der Waals surface area contributed by atoms with Crippen LogP contribution in [0.4, 0.5) is 0 Å². The summed E-state index contributed by atoms with van der Waals surface area (Å²) < 4.78 is 5.36. The number of hydrogen-bond donors (Lipinski definition) is 1. The first-order valence-electron chi connectivity index (χ1n) is 9.77. The third kappa shape index (κ3) is 4.59. The van der Waals surface area contributed by atoms with Gasteiger partial charge in [0.05, 0.1) is 17.7 Å². The largest absolute Gasteiger partial charge is 0.451 e. The zero-order chi connectivity index (χ0) is 21.8. The Labute approximate surface area is 179 Å². The van der Waals surface area contributed by atoms with Crippen LogP contribution in [0.3, 0.4) is 0 Å². The summed E-state index contributed by atoms with van der Waals surface area (Å²) in [7, 11) is 0. The third-order valence-corrected chi connectivity index (χ3v) is 5.66. The third-order valence-electron chi connectivity index (χ3n) is 4.78. The number of amides is 3. The molecular formula is C22H24N2O5S. The summed E-state index contributed by atoms with van der Waals surface area (Å²) in [5.41, 5.74) is 0.539. The number of hydrogen-bond acceptors (Lipinski definition) is 6. The van der Waals surface area contributed by atoms with Crippen molar-refractivity contribution in [2.24, 2.45) is 5.92 Å². The van der Waals surface area contributed by atoms with Crippen molar-refractivity contribution in [1.29, 1.82) is 0 Å². The van der Waals surface area contributed by atoms with E-state index in [9.17, 15) is 19.2 Å². The molecule has 1 aromatic heterocycles. The van der Waals surface area contributed by atoms with Gasteiger partial charge in [0.1, 0.15) is 6.04 Å². The molecule has 0 saturated heterocycles. The van der Waals surface area contributed by atoms with Gasteiger partial charge in [-0.1, -0.05) is 32.0 Å². The number of carbonyl (C=O) groups is 4. The Bertz CT molecular complexity index is 919. The van der Waals surface area contributed by atoms with Gasteiger partial charge in [0.2, 0.25) is 0 Å². The number of esters is 1. The molecule has 2 heterocycles. The minimum absolute atomic E-state index is 0.0230. The fraction of sp³-hybridized carbons (Fsp3) is 0.364. The van der Waals surface area contributed by atoms with Crippen LogP contribution in [-0.4, -0.2) is 40.7 Å². The van der Waals surface area contributed by atoms with E-state index in [1.54, 1.807) is 24.3 Å². The van der Waals surface area contributed by atoms with E-state index in [0.717, 1.165) is 9.78 Å². The van der Waals surface area contributed by atoms with E-state index in [0.29, 0.717) is 6.54 Å². The average Bonchev–Trinajstić information content (AvgIpc) is 3.32. The molecule has 8 heteroatoms. The van der Waals surface area contributed by atoms with Crippen LogP contribution in [0.2, 0.25) is 0 Å². The van der Waals surface area contributed by atoms with Gasteiger partial charge in [0.15, 0.2) is 6.10 Å². The zero-order valence-corrected chi connectivity index (χ0v) is 17.9. The molecule has 2 atom stereocenters. The van der Waals surface area contributed by atoms with Crippen LogP contribution in [0.5, 0.6) is 0 Å². The summed E-state index contributed by atoms with van der Waals surface area (Å²) in [5.74, 6) is -2.23. The van der Waals surface area contributed by atoms with Gasteiger partial charge < -0.3 is 10.1 Å². The van der Waals surface area contributed by atoms with Gasteiger partial charge in [-0.2, -0.15) is 0 Å². The van der Waals surface area contributed by atoms with E-state index in [-0.39, 0.29) is 23.5 Å². The number of benzene rings is 1. The molecule has 0 bridgehead atoms. The Morgan fingerprint density at radius 3 is 2.20 bits per heavy atom. The number of nitrogens with one attached hydrogen (secondary N) is 1. The van der Waals surface area contributed by atoms with Crippen LogP contribution < -0.4 is 5.32 Å². The highest BCUT2D eigenvalue weighted by Crippen LogP contribution is 2.27. The summed E-state index contributed by atoms with van der Waals surface area (Å²) in [5, 5.41) is 4.62. The molecule has 2 unspecified atom stereocenters. The summed E-state index contributed by atoms with van der Waals surface area (Å²) in [6.07, 6.45) is -0.810. The molecule has 0 radical (unpaired) electrons. The van der Waals surface area contributed by atoms with Gasteiger partial charge in [-0.15, -0.1) is 11.3 Å². The van der Waals surface area contributed by atoms with Crippen molar-refractivity contribution in [2.75, 3.05) is 0 Å². The quantitative estimate of drug-likeness (QED) is 0.515. The monoisotopic (exact) mass is 428 g/mol. The van der Waals surface area contributed by atoms with Crippen molar-refractivity contribution in [2.45, 2.75) is 45.9 Å². The molecule has 1 aliphatic heterocycles. The van der Waals surface area contributed by atoms with Gasteiger partial charge in [0, 0.05) is 4.88 Å². The molecule has 0 saturated carbocycles. The first-order chi connectivity index (χ1) is 14.3. The van der Waals surface area contributed by atoms with Crippen LogP contribution in [-0.2, 0) is 20.9 Å². The lowest BCUT2D eigenvalue weighted by Gasteiger charge is -2.27. The number of rotatable bonds is 8. The van der Waals surface area contributed by atoms with Gasteiger partial charge in [-0.3, -0.25) is 19.3 Å². The molecule has 3 amide bonds. The molecule has 3 rings (SSSR count). The minimum atomic E-state index is -1.09. The molecule has 158 valence electrons. The van der Waals surface area contributed by atoms with Crippen molar-refractivity contribution < 1.29 is 23.9 Å². The summed E-state index contributed by atoms with van der Waals surface area (Å²) in [6.45, 7) is 5.58. The minimum Gasteiger partial charge on any atom is -0.451 e. The van der Waals surface area contributed by atoms with E-state index in [2.05, 4.69) is 5.32 Å². The Hall–Kier alpha value is -3.00. The molecule has 1 aromatic carbocycles. The topological polar surface area (TPSA) is 92.8 Å². The Morgan fingerprint density at radius 1 is 1.03 bits per heavy atom. The number of imide groups is 1. The van der Waals surface area contributed by atoms with Crippen LogP contribution in [0.25, 0.3) is 0 Å². The molecule has 2 aromatic rings. The molecule has 30 heavy (non-hydrogen) atoms. The molecule has 1 N–H and O–H groups in total. The van der Waals surface area contributed by atoms with Crippen LogP contribution in [0.15, 0.2) is 41.8 Å². The van der Waals surface area contributed by atoms with Crippen molar-refractivity contribution in [3.05, 3.63) is 57.8 Å². The highest BCUT2D eigenvalue weighted by molar-refractivity contribution is 7.09. The predicted molar refractivity (Wildman–Crippen MR) is 112 cm³/mol. The lowest BCUT2D eigenvalue weighted by Crippen LogP contribution is -2.48. The summed E-state index contributed by atoms with van der Waals surface area (Å²) in [6, 6.07) is 9.15. The van der Waals surface area contributed by atoms with Gasteiger partial charge in [-0.05, 0) is 42.8 Å². The SMILES string of the molecule is CC(C)CC(C(=O)OC(C)C(=O)NCc1cccs1)N1C(=O)c2ccccc2C1=O. The molecular weight excluding hydrogens is 404 g/mol. The smallest absolute Gasteiger partial charge is 0.330 e. The first-order valence-corrected chi connectivity index (χ1v) is 10.6. The number of ether oxygens (including phenoxy) is 1. The van der Waals surface area contributed by atoms with E-state index in [1.807, 2.05) is 31.4 Å². The highest BCUT2D eigenvalue weighted by Gasteiger charge is 2.44. The van der Waals surface area contributed by atoms with Crippen molar-refractivity contribution in [1.82, 2.24) is 10.2 Å². The predicted octanol–water partition coefficient (Wildman–Crippen LogP) is 3.01. The molecule has 7 nitrogen and oxygen atoms in total. The highest BCUT2D eigenvalue weighted by atomic mass is 32.1. The average molecular weight is 429 g/mol.